The number of unbranched alkanes of at least 4 members (excludes halogenated alkanes) is 4. The third-order valence-electron chi connectivity index (χ3n) is 2.68. The first-order valence-corrected chi connectivity index (χ1v) is 6.89. The number of nitrogens with one attached hydrogen (secondary N) is 2. The maximum absolute atomic E-state index is 11.2. The van der Waals surface area contributed by atoms with Gasteiger partial charge in [0.25, 0.3) is 0 Å². The summed E-state index contributed by atoms with van der Waals surface area (Å²) in [5.41, 5.74) is 0. The summed E-state index contributed by atoms with van der Waals surface area (Å²) in [7, 11) is 0. The van der Waals surface area contributed by atoms with E-state index in [4.69, 9.17) is 10.2 Å². The van der Waals surface area contributed by atoms with Crippen LogP contribution < -0.4 is 10.6 Å². The van der Waals surface area contributed by atoms with E-state index in [1.807, 2.05) is 0 Å². The van der Waals surface area contributed by atoms with E-state index in [-0.39, 0.29) is 24.9 Å². The number of carbonyl (C=O) groups excluding carboxylic acids is 2. The van der Waals surface area contributed by atoms with Gasteiger partial charge in [-0.05, 0) is 12.8 Å². The summed E-state index contributed by atoms with van der Waals surface area (Å²) < 4.78 is 0. The van der Waals surface area contributed by atoms with Crippen molar-refractivity contribution in [3.05, 3.63) is 0 Å². The van der Waals surface area contributed by atoms with Crippen LogP contribution in [0.3, 0.4) is 0 Å². The summed E-state index contributed by atoms with van der Waals surface area (Å²) in [5, 5.41) is 21.3. The number of carboxylic acids is 2. The fraction of sp³-hybridized carbons (Fsp3) is 0.692. The Labute approximate surface area is 122 Å². The lowest BCUT2D eigenvalue weighted by Crippen LogP contribution is -2.29. The maximum Gasteiger partial charge on any atom is 0.322 e. The molecule has 0 bridgehead atoms. The molecular weight excluding hydrogens is 280 g/mol. The number of amides is 2. The van der Waals surface area contributed by atoms with Gasteiger partial charge in [-0.3, -0.25) is 19.2 Å². The van der Waals surface area contributed by atoms with E-state index in [9.17, 15) is 19.2 Å². The smallest absolute Gasteiger partial charge is 0.322 e. The molecule has 0 aromatic carbocycles. The van der Waals surface area contributed by atoms with Crippen molar-refractivity contribution in [3.63, 3.8) is 0 Å². The van der Waals surface area contributed by atoms with Gasteiger partial charge in [-0.2, -0.15) is 0 Å². The molecule has 4 N–H and O–H groups in total. The summed E-state index contributed by atoms with van der Waals surface area (Å²) in [5.74, 6) is -2.68. The van der Waals surface area contributed by atoms with Crippen molar-refractivity contribution < 1.29 is 29.4 Å². The molecule has 8 heteroatoms. The minimum Gasteiger partial charge on any atom is -0.480 e. The fourth-order valence-corrected chi connectivity index (χ4v) is 1.63. The molecule has 0 unspecified atom stereocenters. The van der Waals surface area contributed by atoms with Crippen LogP contribution in [0.15, 0.2) is 0 Å². The van der Waals surface area contributed by atoms with Crippen LogP contribution in [-0.4, -0.2) is 47.1 Å². The molecule has 0 radical (unpaired) electrons. The summed E-state index contributed by atoms with van der Waals surface area (Å²) in [6, 6.07) is 0. The number of rotatable bonds is 12. The highest BCUT2D eigenvalue weighted by Crippen LogP contribution is 2.07. The molecule has 0 spiro atoms. The van der Waals surface area contributed by atoms with Crippen molar-refractivity contribution in [2.75, 3.05) is 13.1 Å². The number of hydrogen-bond donors (Lipinski definition) is 4. The van der Waals surface area contributed by atoms with E-state index in [0.717, 1.165) is 19.3 Å². The molecule has 0 aromatic rings. The lowest BCUT2D eigenvalue weighted by molar-refractivity contribution is -0.138. The second-order valence-corrected chi connectivity index (χ2v) is 4.61. The maximum atomic E-state index is 11.2. The monoisotopic (exact) mass is 302 g/mol. The number of carbonyl (C=O) groups is 4. The van der Waals surface area contributed by atoms with Crippen molar-refractivity contribution in [3.8, 4) is 0 Å². The lowest BCUT2D eigenvalue weighted by atomic mass is 10.1. The van der Waals surface area contributed by atoms with Crippen LogP contribution in [0.5, 0.6) is 0 Å². The topological polar surface area (TPSA) is 133 Å². The predicted molar refractivity (Wildman–Crippen MR) is 73.6 cm³/mol. The van der Waals surface area contributed by atoms with Gasteiger partial charge in [0.2, 0.25) is 11.8 Å². The van der Waals surface area contributed by atoms with E-state index >= 15 is 0 Å². The van der Waals surface area contributed by atoms with Crippen molar-refractivity contribution in [2.45, 2.75) is 44.9 Å². The standard InChI is InChI=1S/C13H22N2O6/c16-10(14-8-12(18)19)6-4-2-1-3-5-7-11(17)15-9-13(20)21/h1-9H2,(H,14,16)(H,15,17)(H,18,19)(H,20,21). The van der Waals surface area contributed by atoms with Gasteiger partial charge in [-0.15, -0.1) is 0 Å². The van der Waals surface area contributed by atoms with Crippen LogP contribution in [0, 0.1) is 0 Å². The Morgan fingerprint density at radius 1 is 0.619 bits per heavy atom. The van der Waals surface area contributed by atoms with Gasteiger partial charge in [0.05, 0.1) is 0 Å². The Balaban J connectivity index is 3.36. The van der Waals surface area contributed by atoms with Crippen molar-refractivity contribution in [1.82, 2.24) is 10.6 Å². The Morgan fingerprint density at radius 2 is 0.952 bits per heavy atom. The number of hydrogen-bond acceptors (Lipinski definition) is 4. The molecule has 0 heterocycles. The molecule has 0 aliphatic rings. The van der Waals surface area contributed by atoms with E-state index in [2.05, 4.69) is 10.6 Å². The summed E-state index contributed by atoms with van der Waals surface area (Å²) >= 11 is 0. The first kappa shape index (κ1) is 18.9. The highest BCUT2D eigenvalue weighted by molar-refractivity contribution is 5.81. The first-order valence-electron chi connectivity index (χ1n) is 6.89. The third-order valence-corrected chi connectivity index (χ3v) is 2.68. The molecular formula is C13H22N2O6. The van der Waals surface area contributed by atoms with Crippen molar-refractivity contribution in [2.24, 2.45) is 0 Å². The SMILES string of the molecule is O=C(O)CNC(=O)CCCCCCCC(=O)NCC(=O)O. The summed E-state index contributed by atoms with van der Waals surface area (Å²) in [6.45, 7) is -0.714. The zero-order chi connectivity index (χ0) is 16.1. The minimum atomic E-state index is -1.07. The average molecular weight is 302 g/mol. The Hall–Kier alpha value is -2.12. The van der Waals surface area contributed by atoms with Crippen molar-refractivity contribution in [1.29, 1.82) is 0 Å². The molecule has 0 saturated heterocycles. The van der Waals surface area contributed by atoms with Gasteiger partial charge in [0.15, 0.2) is 0 Å². The minimum absolute atomic E-state index is 0.273. The molecule has 8 nitrogen and oxygen atoms in total. The van der Waals surface area contributed by atoms with Gasteiger partial charge in [0, 0.05) is 12.8 Å². The van der Waals surface area contributed by atoms with Gasteiger partial charge < -0.3 is 20.8 Å². The second-order valence-electron chi connectivity index (χ2n) is 4.61. The van der Waals surface area contributed by atoms with Crippen LogP contribution in [0.4, 0.5) is 0 Å². The molecule has 2 amide bonds. The molecule has 0 aromatic heterocycles. The molecule has 0 atom stereocenters. The zero-order valence-corrected chi connectivity index (χ0v) is 11.9. The van der Waals surface area contributed by atoms with Crippen LogP contribution in [-0.2, 0) is 19.2 Å². The first-order chi connectivity index (χ1) is 9.91. The van der Waals surface area contributed by atoms with E-state index in [0.29, 0.717) is 25.7 Å². The molecule has 0 aliphatic heterocycles. The molecule has 0 fully saturated rings. The Morgan fingerprint density at radius 3 is 1.29 bits per heavy atom. The van der Waals surface area contributed by atoms with E-state index in [1.165, 1.54) is 0 Å². The highest BCUT2D eigenvalue weighted by Gasteiger charge is 2.04. The second kappa shape index (κ2) is 11.7. The number of aliphatic carboxylic acids is 2. The molecule has 21 heavy (non-hydrogen) atoms. The zero-order valence-electron chi connectivity index (χ0n) is 11.9. The van der Waals surface area contributed by atoms with Crippen molar-refractivity contribution >= 4 is 23.8 Å². The molecule has 0 aliphatic carbocycles. The average Bonchev–Trinajstić information content (AvgIpc) is 2.41. The normalized spacial score (nSPS) is 9.90. The van der Waals surface area contributed by atoms with Gasteiger partial charge in [-0.1, -0.05) is 19.3 Å². The van der Waals surface area contributed by atoms with Crippen LogP contribution in [0.1, 0.15) is 44.9 Å². The molecule has 0 saturated carbocycles. The third kappa shape index (κ3) is 14.1. The highest BCUT2D eigenvalue weighted by atomic mass is 16.4. The van der Waals surface area contributed by atoms with Gasteiger partial charge in [-0.25, -0.2) is 0 Å². The van der Waals surface area contributed by atoms with Crippen LogP contribution >= 0.6 is 0 Å². The van der Waals surface area contributed by atoms with Gasteiger partial charge >= 0.3 is 11.9 Å². The van der Waals surface area contributed by atoms with E-state index in [1.54, 1.807) is 0 Å². The molecule has 120 valence electrons. The van der Waals surface area contributed by atoms with Crippen LogP contribution in [0.25, 0.3) is 0 Å². The van der Waals surface area contributed by atoms with Gasteiger partial charge in [0.1, 0.15) is 13.1 Å². The molecule has 0 rings (SSSR count). The predicted octanol–water partition coefficient (Wildman–Crippen LogP) is 0.119. The quantitative estimate of drug-likeness (QED) is 0.378. The Bertz CT molecular complexity index is 336. The Kier molecular flexibility index (Phi) is 10.5. The largest absolute Gasteiger partial charge is 0.480 e. The fourth-order valence-electron chi connectivity index (χ4n) is 1.63. The lowest BCUT2D eigenvalue weighted by Gasteiger charge is -2.03. The summed E-state index contributed by atoms with van der Waals surface area (Å²) in [4.78, 5) is 42.8. The van der Waals surface area contributed by atoms with E-state index < -0.39 is 11.9 Å². The summed E-state index contributed by atoms with van der Waals surface area (Å²) in [6.07, 6.45) is 4.49. The number of carboxylic acid groups (broad SMARTS) is 2. The van der Waals surface area contributed by atoms with Crippen LogP contribution in [0.2, 0.25) is 0 Å².